The van der Waals surface area contributed by atoms with Gasteiger partial charge in [0.2, 0.25) is 11.8 Å². The van der Waals surface area contributed by atoms with Crippen LogP contribution in [-0.2, 0) is 4.79 Å². The van der Waals surface area contributed by atoms with E-state index >= 15 is 0 Å². The number of amides is 1. The second-order valence-electron chi connectivity index (χ2n) is 4.39. The number of carbonyl (C=O) groups excluding carboxylic acids is 1. The molecule has 0 bridgehead atoms. The van der Waals surface area contributed by atoms with Crippen molar-refractivity contribution < 1.29 is 9.53 Å². The summed E-state index contributed by atoms with van der Waals surface area (Å²) in [6.45, 7) is 6.63. The van der Waals surface area contributed by atoms with Gasteiger partial charge in [0.15, 0.2) is 0 Å². The van der Waals surface area contributed by atoms with Crippen molar-refractivity contribution >= 4 is 11.6 Å². The van der Waals surface area contributed by atoms with Crippen LogP contribution in [0, 0.1) is 0 Å². The van der Waals surface area contributed by atoms with Crippen molar-refractivity contribution in [2.45, 2.75) is 6.92 Å². The minimum atomic E-state index is -0.00661. The lowest BCUT2D eigenvalue weighted by Crippen LogP contribution is -2.46. The molecule has 19 heavy (non-hydrogen) atoms. The van der Waals surface area contributed by atoms with Gasteiger partial charge in [0.25, 0.3) is 0 Å². The van der Waals surface area contributed by atoms with Crippen LogP contribution in [0.25, 0.3) is 0 Å². The molecule has 0 radical (unpaired) electrons. The number of pyridine rings is 1. The van der Waals surface area contributed by atoms with Crippen molar-refractivity contribution in [3.8, 4) is 5.88 Å². The first-order valence-electron chi connectivity index (χ1n) is 6.59. The van der Waals surface area contributed by atoms with Gasteiger partial charge in [-0.3, -0.25) is 9.69 Å². The Hall–Kier alpha value is -1.66. The van der Waals surface area contributed by atoms with Crippen molar-refractivity contribution in [3.63, 3.8) is 0 Å². The Bertz CT molecular complexity index is 402. The van der Waals surface area contributed by atoms with E-state index < -0.39 is 0 Å². The van der Waals surface area contributed by atoms with E-state index in [0.717, 1.165) is 26.2 Å². The van der Waals surface area contributed by atoms with E-state index in [0.29, 0.717) is 24.7 Å². The van der Waals surface area contributed by atoms with Crippen LogP contribution in [0.1, 0.15) is 6.92 Å². The molecule has 6 heteroatoms. The summed E-state index contributed by atoms with van der Waals surface area (Å²) in [5.74, 6) is 0.565. The number of carbonyl (C=O) groups is 1. The molecule has 1 fully saturated rings. The first-order valence-corrected chi connectivity index (χ1v) is 6.59. The van der Waals surface area contributed by atoms with E-state index in [1.807, 2.05) is 6.92 Å². The highest BCUT2D eigenvalue weighted by Gasteiger charge is 2.13. The number of nitrogens with zero attached hydrogens (tertiary/aromatic N) is 2. The first-order chi connectivity index (χ1) is 9.28. The van der Waals surface area contributed by atoms with E-state index in [1.54, 1.807) is 18.3 Å². The van der Waals surface area contributed by atoms with Crippen LogP contribution < -0.4 is 15.4 Å². The van der Waals surface area contributed by atoms with Crippen LogP contribution in [0.3, 0.4) is 0 Å². The Morgan fingerprint density at radius 1 is 1.47 bits per heavy atom. The SMILES string of the molecule is CCOc1ccc(NC(=O)CN2CCNCC2)cn1. The number of rotatable bonds is 5. The molecule has 0 spiro atoms. The molecular weight excluding hydrogens is 244 g/mol. The highest BCUT2D eigenvalue weighted by Crippen LogP contribution is 2.11. The number of aromatic nitrogens is 1. The lowest BCUT2D eigenvalue weighted by Gasteiger charge is -2.26. The molecular formula is C13H20N4O2. The maximum Gasteiger partial charge on any atom is 0.238 e. The Morgan fingerprint density at radius 2 is 2.26 bits per heavy atom. The molecule has 104 valence electrons. The third-order valence-electron chi connectivity index (χ3n) is 2.89. The van der Waals surface area contributed by atoms with Crippen LogP contribution in [0.15, 0.2) is 18.3 Å². The van der Waals surface area contributed by atoms with Gasteiger partial charge in [0.1, 0.15) is 0 Å². The van der Waals surface area contributed by atoms with Gasteiger partial charge in [0.05, 0.1) is 25.0 Å². The number of hydrogen-bond donors (Lipinski definition) is 2. The minimum absolute atomic E-state index is 0.00661. The molecule has 0 saturated carbocycles. The number of hydrogen-bond acceptors (Lipinski definition) is 5. The highest BCUT2D eigenvalue weighted by atomic mass is 16.5. The molecule has 0 atom stereocenters. The van der Waals surface area contributed by atoms with E-state index in [-0.39, 0.29) is 5.91 Å². The fourth-order valence-corrected chi connectivity index (χ4v) is 1.96. The summed E-state index contributed by atoms with van der Waals surface area (Å²) >= 11 is 0. The van der Waals surface area contributed by atoms with E-state index in [1.165, 1.54) is 0 Å². The van der Waals surface area contributed by atoms with E-state index in [4.69, 9.17) is 4.74 Å². The lowest BCUT2D eigenvalue weighted by molar-refractivity contribution is -0.117. The molecule has 1 saturated heterocycles. The summed E-state index contributed by atoms with van der Waals surface area (Å²) in [6.07, 6.45) is 1.61. The summed E-state index contributed by atoms with van der Waals surface area (Å²) in [5.41, 5.74) is 0.698. The van der Waals surface area contributed by atoms with Gasteiger partial charge in [-0.15, -0.1) is 0 Å². The summed E-state index contributed by atoms with van der Waals surface area (Å²) in [4.78, 5) is 18.1. The van der Waals surface area contributed by atoms with Crippen molar-refractivity contribution in [2.24, 2.45) is 0 Å². The Labute approximate surface area is 113 Å². The van der Waals surface area contributed by atoms with Crippen molar-refractivity contribution in [1.82, 2.24) is 15.2 Å². The Balaban J connectivity index is 1.80. The molecule has 1 amide bonds. The third-order valence-corrected chi connectivity index (χ3v) is 2.89. The molecule has 0 unspecified atom stereocenters. The van der Waals surface area contributed by atoms with Crippen LogP contribution in [-0.4, -0.2) is 55.1 Å². The average molecular weight is 264 g/mol. The maximum absolute atomic E-state index is 11.9. The molecule has 0 aliphatic carbocycles. The molecule has 2 N–H and O–H groups in total. The van der Waals surface area contributed by atoms with Gasteiger partial charge < -0.3 is 15.4 Å². The molecule has 6 nitrogen and oxygen atoms in total. The Morgan fingerprint density at radius 3 is 2.89 bits per heavy atom. The molecule has 1 aromatic heterocycles. The van der Waals surface area contributed by atoms with Gasteiger partial charge in [-0.1, -0.05) is 0 Å². The zero-order valence-electron chi connectivity index (χ0n) is 11.2. The number of anilines is 1. The fraction of sp³-hybridized carbons (Fsp3) is 0.538. The summed E-state index contributed by atoms with van der Waals surface area (Å²) < 4.78 is 5.25. The van der Waals surface area contributed by atoms with E-state index in [9.17, 15) is 4.79 Å². The smallest absolute Gasteiger partial charge is 0.238 e. The van der Waals surface area contributed by atoms with Crippen LogP contribution in [0.5, 0.6) is 5.88 Å². The third kappa shape index (κ3) is 4.50. The Kier molecular flexibility index (Phi) is 5.11. The monoisotopic (exact) mass is 264 g/mol. The molecule has 2 heterocycles. The number of nitrogens with one attached hydrogen (secondary N) is 2. The summed E-state index contributed by atoms with van der Waals surface area (Å²) in [5, 5.41) is 6.10. The zero-order valence-corrected chi connectivity index (χ0v) is 11.2. The normalized spacial score (nSPS) is 16.1. The van der Waals surface area contributed by atoms with Gasteiger partial charge >= 0.3 is 0 Å². The van der Waals surface area contributed by atoms with Crippen LogP contribution >= 0.6 is 0 Å². The molecule has 0 aromatic carbocycles. The maximum atomic E-state index is 11.9. The molecule has 1 aliphatic heterocycles. The fourth-order valence-electron chi connectivity index (χ4n) is 1.96. The van der Waals surface area contributed by atoms with Crippen molar-refractivity contribution in [1.29, 1.82) is 0 Å². The van der Waals surface area contributed by atoms with Crippen molar-refractivity contribution in [2.75, 3.05) is 44.6 Å². The van der Waals surface area contributed by atoms with Crippen LogP contribution in [0.2, 0.25) is 0 Å². The standard InChI is InChI=1S/C13H20N4O2/c1-2-19-13-4-3-11(9-15-13)16-12(18)10-17-7-5-14-6-8-17/h3-4,9,14H,2,5-8,10H2,1H3,(H,16,18). The molecule has 1 aromatic rings. The predicted octanol–water partition coefficient (Wildman–Crippen LogP) is 0.324. The quantitative estimate of drug-likeness (QED) is 0.802. The van der Waals surface area contributed by atoms with Gasteiger partial charge in [-0.2, -0.15) is 0 Å². The lowest BCUT2D eigenvalue weighted by atomic mass is 10.3. The topological polar surface area (TPSA) is 66.5 Å². The highest BCUT2D eigenvalue weighted by molar-refractivity contribution is 5.92. The molecule has 2 rings (SSSR count). The summed E-state index contributed by atoms with van der Waals surface area (Å²) in [7, 11) is 0. The minimum Gasteiger partial charge on any atom is -0.478 e. The second kappa shape index (κ2) is 7.06. The number of ether oxygens (including phenoxy) is 1. The largest absolute Gasteiger partial charge is 0.478 e. The predicted molar refractivity (Wildman–Crippen MR) is 73.3 cm³/mol. The van der Waals surface area contributed by atoms with Gasteiger partial charge in [-0.05, 0) is 13.0 Å². The second-order valence-corrected chi connectivity index (χ2v) is 4.39. The number of piperazine rings is 1. The van der Waals surface area contributed by atoms with Gasteiger partial charge in [0, 0.05) is 32.2 Å². The molecule has 1 aliphatic rings. The van der Waals surface area contributed by atoms with Crippen LogP contribution in [0.4, 0.5) is 5.69 Å². The first kappa shape index (κ1) is 13.8. The average Bonchev–Trinajstić information content (AvgIpc) is 2.42. The zero-order chi connectivity index (χ0) is 13.5. The van der Waals surface area contributed by atoms with Gasteiger partial charge in [-0.25, -0.2) is 4.98 Å². The van der Waals surface area contributed by atoms with Crippen molar-refractivity contribution in [3.05, 3.63) is 18.3 Å². The van der Waals surface area contributed by atoms with E-state index in [2.05, 4.69) is 20.5 Å². The summed E-state index contributed by atoms with van der Waals surface area (Å²) in [6, 6.07) is 3.55.